The number of hydrogen-bond donors (Lipinski definition) is 0. The number of aryl methyl sites for hydroxylation is 1. The summed E-state index contributed by atoms with van der Waals surface area (Å²) in [6.07, 6.45) is 3.19. The van der Waals surface area contributed by atoms with Crippen LogP contribution in [-0.2, 0) is 18.3 Å². The molecule has 4 aromatic rings. The molecular formula is C23H23ClF2N6O2. The number of nitrogens with zero attached hydrogens (tertiary/aromatic N) is 6. The fourth-order valence-corrected chi connectivity index (χ4v) is 4.06. The summed E-state index contributed by atoms with van der Waals surface area (Å²) < 4.78 is 36.4. The highest BCUT2D eigenvalue weighted by Crippen LogP contribution is 2.42. The maximum atomic E-state index is 13.8. The van der Waals surface area contributed by atoms with Crippen molar-refractivity contribution < 1.29 is 18.3 Å². The van der Waals surface area contributed by atoms with E-state index in [1.54, 1.807) is 43.1 Å². The summed E-state index contributed by atoms with van der Waals surface area (Å²) in [5.41, 5.74) is 1.45. The van der Waals surface area contributed by atoms with Crippen molar-refractivity contribution in [1.29, 1.82) is 0 Å². The van der Waals surface area contributed by atoms with E-state index in [1.807, 2.05) is 0 Å². The minimum Gasteiger partial charge on any atom is -0.443 e. The van der Waals surface area contributed by atoms with Crippen molar-refractivity contribution in [2.75, 3.05) is 4.90 Å². The predicted octanol–water partition coefficient (Wildman–Crippen LogP) is 5.37. The Labute approximate surface area is 199 Å². The molecule has 1 amide bonds. The average molecular weight is 489 g/mol. The van der Waals surface area contributed by atoms with Gasteiger partial charge in [-0.25, -0.2) is 23.5 Å². The van der Waals surface area contributed by atoms with Gasteiger partial charge in [0.1, 0.15) is 22.4 Å². The first-order valence-corrected chi connectivity index (χ1v) is 11.2. The van der Waals surface area contributed by atoms with E-state index in [9.17, 15) is 13.6 Å². The van der Waals surface area contributed by atoms with Gasteiger partial charge in [0.25, 0.3) is 0 Å². The third-order valence-corrected chi connectivity index (χ3v) is 5.87. The molecule has 0 atom stereocenters. The zero-order valence-electron chi connectivity index (χ0n) is 19.1. The van der Waals surface area contributed by atoms with Crippen molar-refractivity contribution in [2.45, 2.75) is 51.7 Å². The molecule has 0 bridgehead atoms. The molecule has 1 aliphatic carbocycles. The average Bonchev–Trinajstić information content (AvgIpc) is 3.43. The predicted molar refractivity (Wildman–Crippen MR) is 123 cm³/mol. The van der Waals surface area contributed by atoms with Crippen LogP contribution < -0.4 is 4.90 Å². The summed E-state index contributed by atoms with van der Waals surface area (Å²) >= 11 is 6.36. The van der Waals surface area contributed by atoms with Crippen molar-refractivity contribution in [3.8, 4) is 0 Å². The third kappa shape index (κ3) is 4.06. The molecular weight excluding hydrogens is 466 g/mol. The van der Waals surface area contributed by atoms with Gasteiger partial charge < -0.3 is 9.30 Å². The first kappa shape index (κ1) is 22.5. The first-order chi connectivity index (χ1) is 16.0. The molecule has 0 spiro atoms. The van der Waals surface area contributed by atoms with Crippen LogP contribution in [0.2, 0.25) is 5.15 Å². The topological polar surface area (TPSA) is 77.5 Å². The van der Waals surface area contributed by atoms with E-state index in [2.05, 4.69) is 15.1 Å². The number of benzene rings is 1. The second-order valence-electron chi connectivity index (χ2n) is 9.46. The number of ether oxygens (including phenoxy) is 1. The van der Waals surface area contributed by atoms with Gasteiger partial charge >= 0.3 is 6.09 Å². The van der Waals surface area contributed by atoms with Crippen LogP contribution in [0.4, 0.5) is 19.4 Å². The van der Waals surface area contributed by atoms with E-state index in [4.69, 9.17) is 16.3 Å². The van der Waals surface area contributed by atoms with Crippen LogP contribution in [0.3, 0.4) is 0 Å². The molecule has 178 valence electrons. The number of imidazole rings is 1. The highest BCUT2D eigenvalue weighted by atomic mass is 35.5. The molecule has 5 rings (SSSR count). The van der Waals surface area contributed by atoms with Gasteiger partial charge in [0, 0.05) is 30.8 Å². The molecule has 1 aromatic carbocycles. The highest BCUT2D eigenvalue weighted by Gasteiger charge is 2.31. The highest BCUT2D eigenvalue weighted by molar-refractivity contribution is 6.29. The molecule has 11 heteroatoms. The van der Waals surface area contributed by atoms with E-state index in [0.29, 0.717) is 28.7 Å². The largest absolute Gasteiger partial charge is 0.443 e. The molecule has 3 aromatic heterocycles. The Morgan fingerprint density at radius 2 is 1.91 bits per heavy atom. The number of anilines is 1. The fraction of sp³-hybridized carbons (Fsp3) is 0.391. The van der Waals surface area contributed by atoms with Gasteiger partial charge in [-0.3, -0.25) is 4.90 Å². The third-order valence-electron chi connectivity index (χ3n) is 5.67. The number of carbonyl (C=O) groups is 1. The minimum atomic E-state index is -0.993. The summed E-state index contributed by atoms with van der Waals surface area (Å²) in [5, 5.41) is 4.67. The standard InChI is InChI=1S/C23H23ClF2N6O2/c1-23(2,3)34-22(33)31(11-19-28-16-7-14(25)15(26)8-17(16)30(19)4)20-9-18(24)29-21-13(12-5-6-12)10-27-32(20)21/h7-10,12H,5-6,11H2,1-4H3. The van der Waals surface area contributed by atoms with Crippen LogP contribution >= 0.6 is 11.6 Å². The summed E-state index contributed by atoms with van der Waals surface area (Å²) in [4.78, 5) is 23.6. The maximum Gasteiger partial charge on any atom is 0.416 e. The normalized spacial score (nSPS) is 14.2. The lowest BCUT2D eigenvalue weighted by Crippen LogP contribution is -2.38. The Bertz CT molecular complexity index is 1440. The SMILES string of the molecule is Cn1c(CN(C(=O)OC(C)(C)C)c2cc(Cl)nc3c(C4CC4)cnn23)nc2cc(F)c(F)cc21. The van der Waals surface area contributed by atoms with Crippen LogP contribution in [0.25, 0.3) is 16.7 Å². The lowest BCUT2D eigenvalue weighted by Gasteiger charge is -2.27. The van der Waals surface area contributed by atoms with Crippen LogP contribution in [-0.4, -0.2) is 35.8 Å². The van der Waals surface area contributed by atoms with E-state index >= 15 is 0 Å². The molecule has 34 heavy (non-hydrogen) atoms. The Hall–Kier alpha value is -3.27. The molecule has 0 unspecified atom stereocenters. The lowest BCUT2D eigenvalue weighted by molar-refractivity contribution is 0.0574. The quantitative estimate of drug-likeness (QED) is 0.361. The Morgan fingerprint density at radius 1 is 1.21 bits per heavy atom. The summed E-state index contributed by atoms with van der Waals surface area (Å²) in [5.74, 6) is -0.858. The molecule has 8 nitrogen and oxygen atoms in total. The number of aromatic nitrogens is 5. The summed E-state index contributed by atoms with van der Waals surface area (Å²) in [6.45, 7) is 5.23. The van der Waals surface area contributed by atoms with Gasteiger partial charge in [0.15, 0.2) is 17.3 Å². The van der Waals surface area contributed by atoms with Gasteiger partial charge in [-0.2, -0.15) is 9.61 Å². The second-order valence-corrected chi connectivity index (χ2v) is 9.84. The monoisotopic (exact) mass is 488 g/mol. The Kier molecular flexibility index (Phi) is 5.23. The molecule has 1 fully saturated rings. The molecule has 0 saturated heterocycles. The molecule has 1 saturated carbocycles. The molecule has 3 heterocycles. The number of carbonyl (C=O) groups excluding carboxylic acids is 1. The van der Waals surface area contributed by atoms with Crippen LogP contribution in [0.15, 0.2) is 24.4 Å². The second kappa shape index (κ2) is 7.90. The van der Waals surface area contributed by atoms with Gasteiger partial charge in [-0.15, -0.1) is 0 Å². The maximum absolute atomic E-state index is 13.8. The molecule has 0 aliphatic heterocycles. The summed E-state index contributed by atoms with van der Waals surface area (Å²) in [7, 11) is 1.67. The number of fused-ring (bicyclic) bond motifs is 2. The van der Waals surface area contributed by atoms with Crippen molar-refractivity contribution in [1.82, 2.24) is 24.1 Å². The minimum absolute atomic E-state index is 0.0581. The zero-order chi connectivity index (χ0) is 24.4. The number of hydrogen-bond acceptors (Lipinski definition) is 5. The number of amides is 1. The van der Waals surface area contributed by atoms with Gasteiger partial charge in [0.2, 0.25) is 0 Å². The van der Waals surface area contributed by atoms with Crippen molar-refractivity contribution >= 4 is 40.2 Å². The van der Waals surface area contributed by atoms with Gasteiger partial charge in [0.05, 0.1) is 23.8 Å². The van der Waals surface area contributed by atoms with Gasteiger partial charge in [-0.05, 0) is 39.5 Å². The van der Waals surface area contributed by atoms with E-state index < -0.39 is 23.3 Å². The Balaban J connectivity index is 1.63. The number of rotatable bonds is 4. The number of halogens is 3. The molecule has 0 radical (unpaired) electrons. The Morgan fingerprint density at radius 3 is 2.59 bits per heavy atom. The fourth-order valence-electron chi connectivity index (χ4n) is 3.89. The van der Waals surface area contributed by atoms with Crippen LogP contribution in [0.5, 0.6) is 0 Å². The zero-order valence-corrected chi connectivity index (χ0v) is 19.9. The van der Waals surface area contributed by atoms with E-state index in [1.165, 1.54) is 11.0 Å². The van der Waals surface area contributed by atoms with Crippen molar-refractivity contribution in [3.05, 3.63) is 52.6 Å². The lowest BCUT2D eigenvalue weighted by atomic mass is 10.2. The van der Waals surface area contributed by atoms with E-state index in [-0.39, 0.29) is 17.2 Å². The van der Waals surface area contributed by atoms with Crippen LogP contribution in [0.1, 0.15) is 50.9 Å². The smallest absolute Gasteiger partial charge is 0.416 e. The van der Waals surface area contributed by atoms with Crippen molar-refractivity contribution in [3.63, 3.8) is 0 Å². The molecule has 1 aliphatic rings. The summed E-state index contributed by atoms with van der Waals surface area (Å²) in [6, 6.07) is 3.64. The molecule has 0 N–H and O–H groups in total. The van der Waals surface area contributed by atoms with Gasteiger partial charge in [-0.1, -0.05) is 11.6 Å². The van der Waals surface area contributed by atoms with Crippen molar-refractivity contribution in [2.24, 2.45) is 7.05 Å². The van der Waals surface area contributed by atoms with E-state index in [0.717, 1.165) is 30.5 Å². The first-order valence-electron chi connectivity index (χ1n) is 10.9. The van der Waals surface area contributed by atoms with Crippen LogP contribution in [0, 0.1) is 11.6 Å².